The van der Waals surface area contributed by atoms with Crippen LogP contribution in [0.15, 0.2) is 12.1 Å². The molecule has 1 saturated heterocycles. The van der Waals surface area contributed by atoms with Crippen LogP contribution in [0.2, 0.25) is 0 Å². The fraction of sp³-hybridized carbons (Fsp3) is 0.600. The predicted molar refractivity (Wildman–Crippen MR) is 58.2 cm³/mol. The zero-order chi connectivity index (χ0) is 8.77. The lowest BCUT2D eigenvalue weighted by molar-refractivity contribution is 0.890. The maximum absolute atomic E-state index is 2.34. The van der Waals surface area contributed by atoms with Gasteiger partial charge in [0.25, 0.3) is 0 Å². The fourth-order valence-electron chi connectivity index (χ4n) is 1.20. The summed E-state index contributed by atoms with van der Waals surface area (Å²) in [6, 6.07) is 4.59. The van der Waals surface area contributed by atoms with E-state index in [0.29, 0.717) is 10.7 Å². The van der Waals surface area contributed by atoms with Crippen LogP contribution >= 0.6 is 23.1 Å². The van der Waals surface area contributed by atoms with Gasteiger partial charge >= 0.3 is 0 Å². The van der Waals surface area contributed by atoms with Gasteiger partial charge in [-0.3, -0.25) is 0 Å². The zero-order valence-electron chi connectivity index (χ0n) is 7.76. The van der Waals surface area contributed by atoms with Crippen LogP contribution in [0, 0.1) is 0 Å². The summed E-state index contributed by atoms with van der Waals surface area (Å²) in [7, 11) is 0. The topological polar surface area (TPSA) is 0 Å². The quantitative estimate of drug-likeness (QED) is 0.651. The largest absolute Gasteiger partial charge is 0.147 e. The molecule has 1 unspecified atom stereocenters. The Morgan fingerprint density at radius 2 is 2.08 bits per heavy atom. The van der Waals surface area contributed by atoms with E-state index >= 15 is 0 Å². The van der Waals surface area contributed by atoms with Gasteiger partial charge in [0.1, 0.15) is 0 Å². The van der Waals surface area contributed by atoms with E-state index in [0.717, 1.165) is 0 Å². The van der Waals surface area contributed by atoms with E-state index in [-0.39, 0.29) is 0 Å². The van der Waals surface area contributed by atoms with Crippen LogP contribution in [0.5, 0.6) is 0 Å². The minimum Gasteiger partial charge on any atom is -0.147 e. The standard InChI is InChI=1S/C10H14S2/c1-7(2)8-4-5-9(12-8)10(3)6-11-10/h4-5,7H,6H2,1-3H3. The van der Waals surface area contributed by atoms with E-state index in [1.807, 2.05) is 11.3 Å². The third-order valence-corrected chi connectivity index (χ3v) is 5.45. The van der Waals surface area contributed by atoms with Crippen molar-refractivity contribution in [2.75, 3.05) is 5.75 Å². The number of thioether (sulfide) groups is 1. The van der Waals surface area contributed by atoms with Gasteiger partial charge in [-0.1, -0.05) is 13.8 Å². The molecule has 0 amide bonds. The van der Waals surface area contributed by atoms with E-state index in [1.165, 1.54) is 10.6 Å². The van der Waals surface area contributed by atoms with Crippen LogP contribution in [0.3, 0.4) is 0 Å². The summed E-state index contributed by atoms with van der Waals surface area (Å²) in [6.07, 6.45) is 0. The molecule has 1 aliphatic heterocycles. The number of rotatable bonds is 2. The molecule has 2 rings (SSSR count). The SMILES string of the molecule is CC(C)c1ccc(C2(C)CS2)s1. The molecular formula is C10H14S2. The molecule has 2 heteroatoms. The second-order valence-corrected chi connectivity index (χ2v) is 6.47. The average Bonchev–Trinajstić information content (AvgIpc) is 2.61. The second-order valence-electron chi connectivity index (χ2n) is 3.88. The highest BCUT2D eigenvalue weighted by Crippen LogP contribution is 2.55. The summed E-state index contributed by atoms with van der Waals surface area (Å²) in [5.74, 6) is 2.00. The van der Waals surface area contributed by atoms with Crippen molar-refractivity contribution in [1.82, 2.24) is 0 Å². The van der Waals surface area contributed by atoms with Crippen molar-refractivity contribution in [2.45, 2.75) is 31.4 Å². The normalized spacial score (nSPS) is 28.0. The van der Waals surface area contributed by atoms with Crippen LogP contribution in [0.25, 0.3) is 0 Å². The van der Waals surface area contributed by atoms with Gasteiger partial charge in [-0.05, 0) is 25.0 Å². The molecule has 1 aromatic rings. The molecule has 1 aromatic heterocycles. The second kappa shape index (κ2) is 2.78. The third kappa shape index (κ3) is 1.42. The molecule has 12 heavy (non-hydrogen) atoms. The van der Waals surface area contributed by atoms with Crippen molar-refractivity contribution < 1.29 is 0 Å². The van der Waals surface area contributed by atoms with Crippen LogP contribution in [-0.2, 0) is 4.75 Å². The molecule has 0 aromatic carbocycles. The van der Waals surface area contributed by atoms with Crippen molar-refractivity contribution in [3.8, 4) is 0 Å². The Bertz CT molecular complexity index is 282. The lowest BCUT2D eigenvalue weighted by Gasteiger charge is -2.02. The Kier molecular flexibility index (Phi) is 2.00. The summed E-state index contributed by atoms with van der Waals surface area (Å²) < 4.78 is 0.484. The summed E-state index contributed by atoms with van der Waals surface area (Å²) in [5, 5.41) is 0. The van der Waals surface area contributed by atoms with E-state index in [2.05, 4.69) is 44.7 Å². The first-order chi connectivity index (χ1) is 5.62. The van der Waals surface area contributed by atoms with E-state index in [9.17, 15) is 0 Å². The molecule has 0 N–H and O–H groups in total. The Labute approximate surface area is 82.4 Å². The monoisotopic (exact) mass is 198 g/mol. The Hall–Kier alpha value is 0.0500. The summed E-state index contributed by atoms with van der Waals surface area (Å²) >= 11 is 4.05. The van der Waals surface area contributed by atoms with Crippen LogP contribution in [0.4, 0.5) is 0 Å². The van der Waals surface area contributed by atoms with E-state index < -0.39 is 0 Å². The van der Waals surface area contributed by atoms with Crippen LogP contribution in [0.1, 0.15) is 36.4 Å². The highest BCUT2D eigenvalue weighted by Gasteiger charge is 2.41. The third-order valence-electron chi connectivity index (χ3n) is 2.29. The summed E-state index contributed by atoms with van der Waals surface area (Å²) in [6.45, 7) is 6.86. The molecular weight excluding hydrogens is 184 g/mol. The molecule has 66 valence electrons. The fourth-order valence-corrected chi connectivity index (χ4v) is 3.22. The van der Waals surface area contributed by atoms with Crippen LogP contribution in [-0.4, -0.2) is 5.75 Å². The van der Waals surface area contributed by atoms with Gasteiger partial charge in [-0.25, -0.2) is 0 Å². The minimum atomic E-state index is 0.484. The highest BCUT2D eigenvalue weighted by molar-refractivity contribution is 8.07. The van der Waals surface area contributed by atoms with E-state index in [4.69, 9.17) is 0 Å². The minimum absolute atomic E-state index is 0.484. The number of hydrogen-bond donors (Lipinski definition) is 0. The van der Waals surface area contributed by atoms with Gasteiger partial charge in [0.2, 0.25) is 0 Å². The van der Waals surface area contributed by atoms with Crippen molar-refractivity contribution in [1.29, 1.82) is 0 Å². The molecule has 0 radical (unpaired) electrons. The summed E-state index contributed by atoms with van der Waals surface area (Å²) in [5.41, 5.74) is 0. The van der Waals surface area contributed by atoms with E-state index in [1.54, 1.807) is 4.88 Å². The molecule has 0 saturated carbocycles. The number of thiophene rings is 1. The first-order valence-corrected chi connectivity index (χ1v) is 6.16. The van der Waals surface area contributed by atoms with Crippen molar-refractivity contribution in [3.05, 3.63) is 21.9 Å². The maximum Gasteiger partial charge on any atom is 0.0564 e. The van der Waals surface area contributed by atoms with Crippen molar-refractivity contribution in [2.24, 2.45) is 0 Å². The number of hydrogen-bond acceptors (Lipinski definition) is 2. The highest BCUT2D eigenvalue weighted by atomic mass is 32.2. The Balaban J connectivity index is 2.25. The predicted octanol–water partition coefficient (Wildman–Crippen LogP) is 3.83. The Morgan fingerprint density at radius 3 is 2.50 bits per heavy atom. The Morgan fingerprint density at radius 1 is 1.42 bits per heavy atom. The molecule has 0 spiro atoms. The molecule has 1 atom stereocenters. The van der Waals surface area contributed by atoms with Gasteiger partial charge in [0.05, 0.1) is 4.75 Å². The van der Waals surface area contributed by atoms with Gasteiger partial charge in [0.15, 0.2) is 0 Å². The molecule has 0 bridgehead atoms. The van der Waals surface area contributed by atoms with Gasteiger partial charge in [-0.2, -0.15) is 0 Å². The van der Waals surface area contributed by atoms with Crippen molar-refractivity contribution >= 4 is 23.1 Å². The molecule has 1 fully saturated rings. The lowest BCUT2D eigenvalue weighted by atomic mass is 10.1. The van der Waals surface area contributed by atoms with Crippen molar-refractivity contribution in [3.63, 3.8) is 0 Å². The maximum atomic E-state index is 2.34. The smallest absolute Gasteiger partial charge is 0.0564 e. The average molecular weight is 198 g/mol. The first kappa shape index (κ1) is 8.64. The first-order valence-electron chi connectivity index (χ1n) is 4.36. The lowest BCUT2D eigenvalue weighted by Crippen LogP contribution is -1.94. The molecule has 0 aliphatic carbocycles. The molecule has 2 heterocycles. The molecule has 1 aliphatic rings. The zero-order valence-corrected chi connectivity index (χ0v) is 9.39. The summed E-state index contributed by atoms with van der Waals surface area (Å²) in [4.78, 5) is 3.09. The van der Waals surface area contributed by atoms with Gasteiger partial charge < -0.3 is 0 Å². The molecule has 0 nitrogen and oxygen atoms in total. The van der Waals surface area contributed by atoms with Gasteiger partial charge in [-0.15, -0.1) is 23.1 Å². The van der Waals surface area contributed by atoms with Crippen LogP contribution < -0.4 is 0 Å². The van der Waals surface area contributed by atoms with Gasteiger partial charge in [0, 0.05) is 15.5 Å².